The van der Waals surface area contributed by atoms with Crippen molar-refractivity contribution in [2.75, 3.05) is 32.8 Å². The average molecular weight is 209 g/mol. The zero-order valence-corrected chi connectivity index (χ0v) is 8.82. The fourth-order valence-corrected chi connectivity index (χ4v) is 1.48. The van der Waals surface area contributed by atoms with Crippen LogP contribution in [0.15, 0.2) is 0 Å². The maximum atomic E-state index is 11.6. The highest BCUT2D eigenvalue weighted by atomic mass is 16.5. The van der Waals surface area contributed by atoms with Crippen LogP contribution in [0.5, 0.6) is 0 Å². The first-order valence-corrected chi connectivity index (χ1v) is 4.92. The van der Waals surface area contributed by atoms with Gasteiger partial charge in [-0.3, -0.25) is 9.69 Å². The Bertz CT molecular complexity index is 290. The molecule has 0 aliphatic carbocycles. The number of nitrogens with zero attached hydrogens (tertiary/aromatic N) is 2. The van der Waals surface area contributed by atoms with Crippen molar-refractivity contribution in [2.24, 2.45) is 5.92 Å². The molecule has 0 spiro atoms. The summed E-state index contributed by atoms with van der Waals surface area (Å²) in [6, 6.07) is 1.86. The molecule has 0 amide bonds. The van der Waals surface area contributed by atoms with Crippen molar-refractivity contribution in [3.63, 3.8) is 0 Å². The summed E-state index contributed by atoms with van der Waals surface area (Å²) in [5.74, 6) is -1.07. The molecule has 0 aromatic rings. The number of hydrogen-bond donors (Lipinski definition) is 1. The molecule has 5 heteroatoms. The van der Waals surface area contributed by atoms with Gasteiger partial charge in [-0.2, -0.15) is 5.26 Å². The van der Waals surface area contributed by atoms with Gasteiger partial charge in [0.1, 0.15) is 5.92 Å². The summed E-state index contributed by atoms with van der Waals surface area (Å²) < 4.78 is 5.16. The molecule has 1 heterocycles. The number of rotatable bonds is 4. The van der Waals surface area contributed by atoms with E-state index in [1.165, 1.54) is 6.92 Å². The van der Waals surface area contributed by atoms with E-state index in [1.54, 1.807) is 0 Å². The van der Waals surface area contributed by atoms with Crippen LogP contribution in [0, 0.1) is 22.7 Å². The summed E-state index contributed by atoms with van der Waals surface area (Å²) >= 11 is 0. The van der Waals surface area contributed by atoms with E-state index in [0.29, 0.717) is 13.2 Å². The predicted molar refractivity (Wildman–Crippen MR) is 54.8 cm³/mol. The minimum absolute atomic E-state index is 0.121. The van der Waals surface area contributed by atoms with Gasteiger partial charge in [-0.15, -0.1) is 0 Å². The molecule has 1 unspecified atom stereocenters. The number of morpholine rings is 1. The van der Waals surface area contributed by atoms with Crippen LogP contribution in [0.2, 0.25) is 0 Å². The van der Waals surface area contributed by atoms with E-state index in [1.807, 2.05) is 11.0 Å². The lowest BCUT2D eigenvalue weighted by atomic mass is 10.0. The van der Waals surface area contributed by atoms with Crippen molar-refractivity contribution >= 4 is 11.5 Å². The molecule has 82 valence electrons. The molecular formula is C10H15N3O2. The number of hydrogen-bond acceptors (Lipinski definition) is 5. The molecular weight excluding hydrogens is 194 g/mol. The van der Waals surface area contributed by atoms with Crippen LogP contribution in [-0.2, 0) is 9.53 Å². The molecule has 1 aliphatic heterocycles. The Labute approximate surface area is 89.1 Å². The van der Waals surface area contributed by atoms with Crippen LogP contribution < -0.4 is 0 Å². The van der Waals surface area contributed by atoms with Crippen molar-refractivity contribution in [3.05, 3.63) is 0 Å². The van der Waals surface area contributed by atoms with Gasteiger partial charge in [0.05, 0.1) is 25.8 Å². The first-order valence-electron chi connectivity index (χ1n) is 4.92. The largest absolute Gasteiger partial charge is 0.379 e. The summed E-state index contributed by atoms with van der Waals surface area (Å²) in [6.07, 6.45) is 0. The molecule has 1 rings (SSSR count). The van der Waals surface area contributed by atoms with Gasteiger partial charge in [-0.05, 0) is 6.92 Å². The molecule has 1 atom stereocenters. The number of carbonyl (C=O) groups is 1. The van der Waals surface area contributed by atoms with E-state index in [0.717, 1.165) is 13.1 Å². The van der Waals surface area contributed by atoms with Crippen LogP contribution >= 0.6 is 0 Å². The first kappa shape index (κ1) is 11.8. The van der Waals surface area contributed by atoms with Gasteiger partial charge in [0, 0.05) is 18.8 Å². The minimum atomic E-state index is -0.882. The molecule has 0 aromatic carbocycles. The molecule has 0 saturated carbocycles. The number of nitriles is 1. The summed E-state index contributed by atoms with van der Waals surface area (Å²) in [5, 5.41) is 16.1. The zero-order valence-electron chi connectivity index (χ0n) is 8.82. The molecule has 15 heavy (non-hydrogen) atoms. The standard InChI is InChI=1S/C10H15N3O2/c1-8(12)9(6-11)10(14)7-13-2-4-15-5-3-13/h9,12H,2-5,7H2,1H3. The summed E-state index contributed by atoms with van der Waals surface area (Å²) in [6.45, 7) is 4.45. The van der Waals surface area contributed by atoms with Crippen LogP contribution in [0.1, 0.15) is 6.92 Å². The number of ketones is 1. The van der Waals surface area contributed by atoms with E-state index in [-0.39, 0.29) is 18.0 Å². The van der Waals surface area contributed by atoms with E-state index >= 15 is 0 Å². The third kappa shape index (κ3) is 3.42. The second-order valence-corrected chi connectivity index (χ2v) is 3.60. The first-order chi connectivity index (χ1) is 7.15. The Balaban J connectivity index is 2.46. The number of ether oxygens (including phenoxy) is 1. The van der Waals surface area contributed by atoms with Crippen molar-refractivity contribution in [1.29, 1.82) is 10.7 Å². The van der Waals surface area contributed by atoms with Gasteiger partial charge >= 0.3 is 0 Å². The van der Waals surface area contributed by atoms with Crippen LogP contribution in [0.25, 0.3) is 0 Å². The maximum absolute atomic E-state index is 11.6. The Morgan fingerprint density at radius 1 is 1.60 bits per heavy atom. The summed E-state index contributed by atoms with van der Waals surface area (Å²) in [4.78, 5) is 13.6. The normalized spacial score (nSPS) is 19.2. The maximum Gasteiger partial charge on any atom is 0.169 e. The Morgan fingerprint density at radius 2 is 2.20 bits per heavy atom. The SMILES string of the molecule is CC(=N)C(C#N)C(=O)CN1CCOCC1. The monoisotopic (exact) mass is 209 g/mol. The summed E-state index contributed by atoms with van der Waals surface area (Å²) in [5.41, 5.74) is 0.121. The Morgan fingerprint density at radius 3 is 2.67 bits per heavy atom. The minimum Gasteiger partial charge on any atom is -0.379 e. The van der Waals surface area contributed by atoms with Gasteiger partial charge < -0.3 is 10.1 Å². The van der Waals surface area contributed by atoms with Crippen molar-refractivity contribution < 1.29 is 9.53 Å². The van der Waals surface area contributed by atoms with E-state index < -0.39 is 5.92 Å². The molecule has 1 fully saturated rings. The fraction of sp³-hybridized carbons (Fsp3) is 0.700. The molecule has 1 aliphatic rings. The number of Topliss-reactive ketones (excluding diaryl/α,β-unsaturated/α-hetero) is 1. The smallest absolute Gasteiger partial charge is 0.169 e. The lowest BCUT2D eigenvalue weighted by molar-refractivity contribution is -0.121. The van der Waals surface area contributed by atoms with Gasteiger partial charge in [0.25, 0.3) is 0 Å². The van der Waals surface area contributed by atoms with Crippen LogP contribution in [-0.4, -0.2) is 49.2 Å². The highest BCUT2D eigenvalue weighted by molar-refractivity contribution is 6.05. The lowest BCUT2D eigenvalue weighted by Gasteiger charge is -2.26. The third-order valence-corrected chi connectivity index (χ3v) is 2.37. The van der Waals surface area contributed by atoms with E-state index in [9.17, 15) is 4.79 Å². The molecule has 1 saturated heterocycles. The number of nitrogens with one attached hydrogen (secondary N) is 1. The van der Waals surface area contributed by atoms with Gasteiger partial charge in [0.2, 0.25) is 0 Å². The van der Waals surface area contributed by atoms with Crippen molar-refractivity contribution in [3.8, 4) is 6.07 Å². The highest BCUT2D eigenvalue weighted by Gasteiger charge is 2.23. The van der Waals surface area contributed by atoms with Gasteiger partial charge in [-0.25, -0.2) is 0 Å². The molecule has 5 nitrogen and oxygen atoms in total. The third-order valence-electron chi connectivity index (χ3n) is 2.37. The molecule has 0 aromatic heterocycles. The molecule has 0 bridgehead atoms. The molecule has 1 N–H and O–H groups in total. The zero-order chi connectivity index (χ0) is 11.3. The van der Waals surface area contributed by atoms with Crippen LogP contribution in [0.3, 0.4) is 0 Å². The van der Waals surface area contributed by atoms with Crippen molar-refractivity contribution in [1.82, 2.24) is 4.90 Å². The van der Waals surface area contributed by atoms with Gasteiger partial charge in [0.15, 0.2) is 5.78 Å². The fourth-order valence-electron chi connectivity index (χ4n) is 1.48. The topological polar surface area (TPSA) is 77.2 Å². The highest BCUT2D eigenvalue weighted by Crippen LogP contribution is 2.03. The Kier molecular flexibility index (Phi) is 4.40. The van der Waals surface area contributed by atoms with Crippen molar-refractivity contribution in [2.45, 2.75) is 6.92 Å². The summed E-state index contributed by atoms with van der Waals surface area (Å²) in [7, 11) is 0. The van der Waals surface area contributed by atoms with Crippen LogP contribution in [0.4, 0.5) is 0 Å². The number of carbonyl (C=O) groups excluding carboxylic acids is 1. The van der Waals surface area contributed by atoms with E-state index in [2.05, 4.69) is 0 Å². The lowest BCUT2D eigenvalue weighted by Crippen LogP contribution is -2.41. The molecule has 0 radical (unpaired) electrons. The average Bonchev–Trinajstić information content (AvgIpc) is 2.19. The van der Waals surface area contributed by atoms with Gasteiger partial charge in [-0.1, -0.05) is 0 Å². The second kappa shape index (κ2) is 5.59. The second-order valence-electron chi connectivity index (χ2n) is 3.60. The quantitative estimate of drug-likeness (QED) is 0.664. The predicted octanol–water partition coefficient (Wildman–Crippen LogP) is 0.0672. The van der Waals surface area contributed by atoms with E-state index in [4.69, 9.17) is 15.4 Å². The Hall–Kier alpha value is -1.25.